The first-order valence-electron chi connectivity index (χ1n) is 5.90. The Labute approximate surface area is 117 Å². The van der Waals surface area contributed by atoms with Crippen molar-refractivity contribution >= 4 is 23.2 Å². The molecule has 1 aromatic carbocycles. The maximum absolute atomic E-state index is 11.9. The fourth-order valence-electron chi connectivity index (χ4n) is 1.50. The van der Waals surface area contributed by atoms with Crippen molar-refractivity contribution in [3.8, 4) is 0 Å². The number of rotatable bonds is 6. The molecule has 1 aromatic rings. The standard InChI is InChI=1S/C13H19ClN2O3/c1-13(18,5-6-19-2)8-16-12(17)10-7-9(14)3-4-11(10)15/h3-4,7,18H,5-6,8,15H2,1-2H3,(H,16,17). The third kappa shape index (κ3) is 5.06. The Hall–Kier alpha value is -1.30. The summed E-state index contributed by atoms with van der Waals surface area (Å²) < 4.78 is 4.89. The van der Waals surface area contributed by atoms with Crippen LogP contribution in [0.15, 0.2) is 18.2 Å². The number of amides is 1. The normalized spacial score (nSPS) is 13.9. The maximum Gasteiger partial charge on any atom is 0.253 e. The van der Waals surface area contributed by atoms with Crippen molar-refractivity contribution < 1.29 is 14.6 Å². The van der Waals surface area contributed by atoms with Gasteiger partial charge in [-0.25, -0.2) is 0 Å². The Morgan fingerprint density at radius 1 is 1.58 bits per heavy atom. The smallest absolute Gasteiger partial charge is 0.253 e. The van der Waals surface area contributed by atoms with E-state index in [4.69, 9.17) is 22.1 Å². The summed E-state index contributed by atoms with van der Waals surface area (Å²) in [7, 11) is 1.56. The fourth-order valence-corrected chi connectivity index (χ4v) is 1.67. The number of nitrogens with two attached hydrogens (primary N) is 1. The van der Waals surface area contributed by atoms with Crippen molar-refractivity contribution in [3.05, 3.63) is 28.8 Å². The molecule has 4 N–H and O–H groups in total. The van der Waals surface area contributed by atoms with Crippen LogP contribution in [0.4, 0.5) is 5.69 Å². The molecule has 19 heavy (non-hydrogen) atoms. The quantitative estimate of drug-likeness (QED) is 0.691. The van der Waals surface area contributed by atoms with Gasteiger partial charge in [-0.05, 0) is 25.1 Å². The molecule has 0 saturated heterocycles. The van der Waals surface area contributed by atoms with Crippen LogP contribution in [0.2, 0.25) is 5.02 Å². The van der Waals surface area contributed by atoms with Crippen LogP contribution in [-0.2, 0) is 4.74 Å². The van der Waals surface area contributed by atoms with Gasteiger partial charge in [0.2, 0.25) is 0 Å². The van der Waals surface area contributed by atoms with Crippen LogP contribution in [0.5, 0.6) is 0 Å². The van der Waals surface area contributed by atoms with Crippen LogP contribution in [-0.4, -0.2) is 36.9 Å². The lowest BCUT2D eigenvalue weighted by Gasteiger charge is -2.23. The Bertz CT molecular complexity index is 450. The number of hydrogen-bond acceptors (Lipinski definition) is 4. The molecule has 0 heterocycles. The predicted octanol–water partition coefficient (Wildman–Crippen LogP) is 1.44. The molecule has 1 atom stereocenters. The van der Waals surface area contributed by atoms with E-state index in [9.17, 15) is 9.90 Å². The van der Waals surface area contributed by atoms with Crippen molar-refractivity contribution in [1.82, 2.24) is 5.32 Å². The molecule has 0 spiro atoms. The lowest BCUT2D eigenvalue weighted by atomic mass is 10.0. The third-order valence-electron chi connectivity index (χ3n) is 2.73. The van der Waals surface area contributed by atoms with Crippen molar-refractivity contribution in [1.29, 1.82) is 0 Å². The highest BCUT2D eigenvalue weighted by Crippen LogP contribution is 2.18. The molecule has 0 aliphatic rings. The highest BCUT2D eigenvalue weighted by atomic mass is 35.5. The molecule has 1 rings (SSSR count). The highest BCUT2D eigenvalue weighted by Gasteiger charge is 2.21. The minimum absolute atomic E-state index is 0.112. The fraction of sp³-hybridized carbons (Fsp3) is 0.462. The minimum atomic E-state index is -1.03. The summed E-state index contributed by atoms with van der Waals surface area (Å²) in [5.41, 5.74) is 5.33. The van der Waals surface area contributed by atoms with Crippen molar-refractivity contribution in [2.75, 3.05) is 26.0 Å². The van der Waals surface area contributed by atoms with Gasteiger partial charge >= 0.3 is 0 Å². The summed E-state index contributed by atoms with van der Waals surface area (Å²) in [6, 6.07) is 4.68. The number of nitrogens with one attached hydrogen (secondary N) is 1. The Kier molecular flexibility index (Phi) is 5.60. The molecule has 0 aliphatic carbocycles. The van der Waals surface area contributed by atoms with Gasteiger partial charge in [-0.15, -0.1) is 0 Å². The molecule has 5 nitrogen and oxygen atoms in total. The van der Waals surface area contributed by atoms with E-state index in [1.54, 1.807) is 26.2 Å². The summed E-state index contributed by atoms with van der Waals surface area (Å²) in [4.78, 5) is 11.9. The number of benzene rings is 1. The predicted molar refractivity (Wildman–Crippen MR) is 75.3 cm³/mol. The lowest BCUT2D eigenvalue weighted by molar-refractivity contribution is 0.0244. The largest absolute Gasteiger partial charge is 0.398 e. The first-order chi connectivity index (χ1) is 8.85. The first-order valence-corrected chi connectivity index (χ1v) is 6.28. The molecule has 106 valence electrons. The van der Waals surface area contributed by atoms with E-state index >= 15 is 0 Å². The Balaban J connectivity index is 2.62. The van der Waals surface area contributed by atoms with Gasteiger partial charge in [0.05, 0.1) is 11.2 Å². The number of ether oxygens (including phenoxy) is 1. The monoisotopic (exact) mass is 286 g/mol. The molecule has 6 heteroatoms. The number of nitrogen functional groups attached to an aromatic ring is 1. The van der Waals surface area contributed by atoms with Crippen LogP contribution in [0.3, 0.4) is 0 Å². The van der Waals surface area contributed by atoms with Crippen LogP contribution in [0.1, 0.15) is 23.7 Å². The summed E-state index contributed by atoms with van der Waals surface area (Å²) in [6.07, 6.45) is 0.425. The number of methoxy groups -OCH3 is 1. The number of carbonyl (C=O) groups is 1. The van der Waals surface area contributed by atoms with E-state index in [1.165, 1.54) is 6.07 Å². The molecule has 0 aliphatic heterocycles. The van der Waals surface area contributed by atoms with Crippen LogP contribution in [0.25, 0.3) is 0 Å². The average Bonchev–Trinajstić information content (AvgIpc) is 2.36. The van der Waals surface area contributed by atoms with E-state index in [0.717, 1.165) is 0 Å². The third-order valence-corrected chi connectivity index (χ3v) is 2.97. The van der Waals surface area contributed by atoms with Crippen molar-refractivity contribution in [2.45, 2.75) is 18.9 Å². The minimum Gasteiger partial charge on any atom is -0.398 e. The maximum atomic E-state index is 11.9. The van der Waals surface area contributed by atoms with Crippen molar-refractivity contribution in [3.63, 3.8) is 0 Å². The van der Waals surface area contributed by atoms with Crippen LogP contribution < -0.4 is 11.1 Å². The molecule has 0 radical (unpaired) electrons. The summed E-state index contributed by atoms with van der Waals surface area (Å²) in [6.45, 7) is 2.16. The zero-order chi connectivity index (χ0) is 14.5. The van der Waals surface area contributed by atoms with Crippen LogP contribution in [0, 0.1) is 0 Å². The number of hydrogen-bond donors (Lipinski definition) is 3. The second kappa shape index (κ2) is 6.75. The van der Waals surface area contributed by atoms with E-state index < -0.39 is 5.60 Å². The topological polar surface area (TPSA) is 84.6 Å². The summed E-state index contributed by atoms with van der Waals surface area (Å²) >= 11 is 5.82. The second-order valence-corrected chi connectivity index (χ2v) is 5.09. The summed E-state index contributed by atoms with van der Waals surface area (Å²) in [5.74, 6) is -0.363. The number of carbonyl (C=O) groups excluding carboxylic acids is 1. The summed E-state index contributed by atoms with van der Waals surface area (Å²) in [5, 5.41) is 13.1. The Morgan fingerprint density at radius 3 is 2.89 bits per heavy atom. The zero-order valence-electron chi connectivity index (χ0n) is 11.1. The number of anilines is 1. The molecule has 1 amide bonds. The molecule has 1 unspecified atom stereocenters. The Morgan fingerprint density at radius 2 is 2.26 bits per heavy atom. The average molecular weight is 287 g/mol. The van der Waals surface area contributed by atoms with E-state index in [2.05, 4.69) is 5.32 Å². The first kappa shape index (κ1) is 15.8. The van der Waals surface area contributed by atoms with Gasteiger partial charge in [0.15, 0.2) is 0 Å². The molecule has 0 bridgehead atoms. The van der Waals surface area contributed by atoms with E-state index in [1.807, 2.05) is 0 Å². The molecule has 0 saturated carbocycles. The molecular weight excluding hydrogens is 268 g/mol. The van der Waals surface area contributed by atoms with Gasteiger partial charge in [0, 0.05) is 37.4 Å². The number of aliphatic hydroxyl groups is 1. The van der Waals surface area contributed by atoms with Gasteiger partial charge in [-0.2, -0.15) is 0 Å². The molecular formula is C13H19ClN2O3. The van der Waals surface area contributed by atoms with Crippen LogP contribution >= 0.6 is 11.6 Å². The molecule has 0 aromatic heterocycles. The van der Waals surface area contributed by atoms with Gasteiger partial charge < -0.3 is 20.9 Å². The van der Waals surface area contributed by atoms with E-state index in [-0.39, 0.29) is 12.5 Å². The van der Waals surface area contributed by atoms with Gasteiger partial charge in [-0.1, -0.05) is 11.6 Å². The van der Waals surface area contributed by atoms with Gasteiger partial charge in [0.1, 0.15) is 0 Å². The zero-order valence-corrected chi connectivity index (χ0v) is 11.8. The lowest BCUT2D eigenvalue weighted by Crippen LogP contribution is -2.41. The second-order valence-electron chi connectivity index (χ2n) is 4.65. The number of halogens is 1. The molecule has 0 fully saturated rings. The van der Waals surface area contributed by atoms with E-state index in [0.29, 0.717) is 29.3 Å². The van der Waals surface area contributed by atoms with Gasteiger partial charge in [0.25, 0.3) is 5.91 Å². The SMILES string of the molecule is COCCC(C)(O)CNC(=O)c1cc(Cl)ccc1N. The van der Waals surface area contributed by atoms with Crippen molar-refractivity contribution in [2.24, 2.45) is 0 Å². The van der Waals surface area contributed by atoms with Gasteiger partial charge in [-0.3, -0.25) is 4.79 Å². The highest BCUT2D eigenvalue weighted by molar-refractivity contribution is 6.31.